The highest BCUT2D eigenvalue weighted by molar-refractivity contribution is 7.52. The molecule has 1 fully saturated rings. The van der Waals surface area contributed by atoms with Crippen LogP contribution in [-0.2, 0) is 45.5 Å². The average molecular weight is 656 g/mol. The molecule has 216 valence electrons. The fourth-order valence-electron chi connectivity index (χ4n) is 3.53. The highest BCUT2D eigenvalue weighted by atomic mass is 31.2. The van der Waals surface area contributed by atoms with Crippen molar-refractivity contribution < 1.29 is 104 Å². The molecule has 28 heteroatoms. The summed E-state index contributed by atoms with van der Waals surface area (Å²) in [6, 6.07) is 0. The van der Waals surface area contributed by atoms with Crippen molar-refractivity contribution in [2.75, 3.05) is 12.3 Å². The Balaban J connectivity index is 4.04. The molecule has 0 aromatic rings. The SMILES string of the molecule is O=P(O)(O)C[C@@H]1[C@H](CP(=O)(O)O)[C@H](OP(=O)(O)O)[C@@H](OP(=O)(O)O)[C@H](OP(=O)(O)O)[C@H]1OP(=O)(O)O. The van der Waals surface area contributed by atoms with Crippen molar-refractivity contribution in [2.24, 2.45) is 11.8 Å². The molecule has 0 aromatic carbocycles. The minimum atomic E-state index is -5.92. The normalized spacial score (nSPS) is 29.3. The fraction of sp³-hybridized carbons (Fsp3) is 1.00. The molecule has 0 heterocycles. The molecule has 0 spiro atoms. The van der Waals surface area contributed by atoms with Gasteiger partial charge in [-0.3, -0.25) is 27.2 Å². The minimum Gasteiger partial charge on any atom is -0.324 e. The van der Waals surface area contributed by atoms with Crippen LogP contribution in [-0.4, -0.2) is 95.5 Å². The molecule has 1 saturated carbocycles. The number of rotatable bonds is 12. The van der Waals surface area contributed by atoms with E-state index < -0.39 is 95.1 Å². The highest BCUT2D eigenvalue weighted by Gasteiger charge is 2.60. The maximum Gasteiger partial charge on any atom is 0.470 e. The van der Waals surface area contributed by atoms with E-state index in [1.54, 1.807) is 0 Å². The molecule has 1 aliphatic rings. The summed E-state index contributed by atoms with van der Waals surface area (Å²) in [5, 5.41) is 0. The van der Waals surface area contributed by atoms with E-state index in [0.29, 0.717) is 0 Å². The lowest BCUT2D eigenvalue weighted by Gasteiger charge is -2.49. The summed E-state index contributed by atoms with van der Waals surface area (Å²) in [6.45, 7) is 0. The van der Waals surface area contributed by atoms with Crippen LogP contribution in [0.1, 0.15) is 0 Å². The van der Waals surface area contributed by atoms with E-state index in [2.05, 4.69) is 18.1 Å². The predicted octanol–water partition coefficient (Wildman–Crippen LogP) is -2.50. The summed E-state index contributed by atoms with van der Waals surface area (Å²) in [4.78, 5) is 111. The van der Waals surface area contributed by atoms with E-state index in [0.717, 1.165) is 0 Å². The molecule has 22 nitrogen and oxygen atoms in total. The van der Waals surface area contributed by atoms with E-state index in [9.17, 15) is 86.1 Å². The molecular formula is C8H22O22P6. The maximum absolute atomic E-state index is 11.7. The summed E-state index contributed by atoms with van der Waals surface area (Å²) >= 11 is 0. The van der Waals surface area contributed by atoms with E-state index >= 15 is 0 Å². The summed E-state index contributed by atoms with van der Waals surface area (Å²) < 4.78 is 86.6. The summed E-state index contributed by atoms with van der Waals surface area (Å²) in [5.41, 5.74) is 0. The Morgan fingerprint density at radius 1 is 0.389 bits per heavy atom. The van der Waals surface area contributed by atoms with Crippen LogP contribution in [0.2, 0.25) is 0 Å². The fourth-order valence-corrected chi connectivity index (χ4v) is 7.88. The standard InChI is InChI=1S/C8H22O22P6/c9-31(10,11)1-3-4(2-32(12,13)14)6(28-34(18,19)20)8(30-36(24,25)26)7(29-35(21,22)23)5(3)27-33(15,16)17/h3-8H,1-2H2,(H2,9,10,11)(H2,12,13,14)(H2,15,16,17)(H2,18,19,20)(H2,21,22,23)(H2,24,25,26)/t3-,4+,5-,6-,7+,8+/m0/s1. The molecule has 0 saturated heterocycles. The zero-order valence-electron chi connectivity index (χ0n) is 17.0. The van der Waals surface area contributed by atoms with E-state index in [4.69, 9.17) is 0 Å². The van der Waals surface area contributed by atoms with Crippen LogP contribution in [0.25, 0.3) is 0 Å². The van der Waals surface area contributed by atoms with Gasteiger partial charge < -0.3 is 58.7 Å². The van der Waals surface area contributed by atoms with Gasteiger partial charge in [-0.15, -0.1) is 0 Å². The molecule has 0 bridgehead atoms. The summed E-state index contributed by atoms with van der Waals surface area (Å²) in [5.74, 6) is -4.84. The van der Waals surface area contributed by atoms with Gasteiger partial charge in [-0.25, -0.2) is 18.3 Å². The zero-order valence-corrected chi connectivity index (χ0v) is 22.4. The quantitative estimate of drug-likeness (QED) is 0.0965. The average Bonchev–Trinajstić information content (AvgIpc) is 2.51. The Kier molecular flexibility index (Phi) is 11.3. The molecule has 36 heavy (non-hydrogen) atoms. The van der Waals surface area contributed by atoms with Crippen LogP contribution in [0.15, 0.2) is 0 Å². The molecule has 0 radical (unpaired) electrons. The van der Waals surface area contributed by atoms with Crippen LogP contribution in [0, 0.1) is 11.8 Å². The monoisotopic (exact) mass is 656 g/mol. The predicted molar refractivity (Wildman–Crippen MR) is 108 cm³/mol. The van der Waals surface area contributed by atoms with Crippen molar-refractivity contribution in [2.45, 2.75) is 24.4 Å². The van der Waals surface area contributed by atoms with Crippen molar-refractivity contribution in [1.82, 2.24) is 0 Å². The maximum atomic E-state index is 11.7. The van der Waals surface area contributed by atoms with Crippen molar-refractivity contribution in [3.63, 3.8) is 0 Å². The Bertz CT molecular complexity index is 821. The van der Waals surface area contributed by atoms with E-state index in [1.165, 1.54) is 0 Å². The molecule has 1 aliphatic carbocycles. The molecule has 0 unspecified atom stereocenters. The Morgan fingerprint density at radius 2 is 0.583 bits per heavy atom. The Morgan fingerprint density at radius 3 is 0.750 bits per heavy atom. The van der Waals surface area contributed by atoms with Crippen LogP contribution in [0.5, 0.6) is 0 Å². The second-order valence-electron chi connectivity index (χ2n) is 7.26. The molecule has 0 aliphatic heterocycles. The first-order chi connectivity index (χ1) is 15.6. The third kappa shape index (κ3) is 13.2. The summed E-state index contributed by atoms with van der Waals surface area (Å²) in [6.07, 6.45) is -14.8. The lowest BCUT2D eigenvalue weighted by atomic mass is 9.74. The Hall–Kier alpha value is 0.740. The van der Waals surface area contributed by atoms with Gasteiger partial charge in [0.1, 0.15) is 24.4 Å². The van der Waals surface area contributed by atoms with Gasteiger partial charge in [-0.1, -0.05) is 0 Å². The molecular weight excluding hydrogens is 634 g/mol. The van der Waals surface area contributed by atoms with Gasteiger partial charge in [0, 0.05) is 11.8 Å². The second kappa shape index (κ2) is 11.7. The van der Waals surface area contributed by atoms with Gasteiger partial charge in [0.15, 0.2) is 0 Å². The molecule has 1 rings (SSSR count). The summed E-state index contributed by atoms with van der Waals surface area (Å²) in [7, 11) is -34.5. The topological polar surface area (TPSA) is 382 Å². The first-order valence-corrected chi connectivity index (χ1v) is 18.3. The smallest absolute Gasteiger partial charge is 0.324 e. The van der Waals surface area contributed by atoms with Gasteiger partial charge in [0.05, 0.1) is 12.3 Å². The van der Waals surface area contributed by atoms with Gasteiger partial charge in [0.2, 0.25) is 0 Å². The zero-order chi connectivity index (χ0) is 28.7. The lowest BCUT2D eigenvalue weighted by Crippen LogP contribution is -2.62. The Labute approximate surface area is 199 Å². The van der Waals surface area contributed by atoms with Crippen molar-refractivity contribution in [3.05, 3.63) is 0 Å². The number of phosphoric acid groups is 4. The van der Waals surface area contributed by atoms with Gasteiger partial charge in [0.25, 0.3) is 0 Å². The second-order valence-corrected chi connectivity index (χ2v) is 15.4. The molecule has 6 atom stereocenters. The minimum absolute atomic E-state index is 1.69. The van der Waals surface area contributed by atoms with Gasteiger partial charge in [-0.05, 0) is 0 Å². The largest absolute Gasteiger partial charge is 0.470 e. The molecule has 0 aromatic heterocycles. The first kappa shape index (κ1) is 34.8. The van der Waals surface area contributed by atoms with Crippen molar-refractivity contribution in [1.29, 1.82) is 0 Å². The first-order valence-electron chi connectivity index (χ1n) is 8.62. The van der Waals surface area contributed by atoms with E-state index in [-0.39, 0.29) is 0 Å². The lowest BCUT2D eigenvalue weighted by molar-refractivity contribution is -0.160. The number of hydrogen-bond donors (Lipinski definition) is 12. The number of hydrogen-bond acceptors (Lipinski definition) is 10. The van der Waals surface area contributed by atoms with Gasteiger partial charge in [-0.2, -0.15) is 0 Å². The van der Waals surface area contributed by atoms with Crippen LogP contribution in [0.3, 0.4) is 0 Å². The van der Waals surface area contributed by atoms with E-state index in [1.807, 2.05) is 0 Å². The van der Waals surface area contributed by atoms with Crippen molar-refractivity contribution >= 4 is 46.5 Å². The third-order valence-corrected chi connectivity index (χ3v) is 8.17. The van der Waals surface area contributed by atoms with Crippen LogP contribution < -0.4 is 0 Å². The highest BCUT2D eigenvalue weighted by Crippen LogP contribution is 2.59. The number of phosphoric ester groups is 4. The molecule has 12 N–H and O–H groups in total. The third-order valence-electron chi connectivity index (χ3n) is 4.30. The molecule has 0 amide bonds. The van der Waals surface area contributed by atoms with Crippen LogP contribution in [0.4, 0.5) is 0 Å². The van der Waals surface area contributed by atoms with Crippen molar-refractivity contribution in [3.8, 4) is 0 Å². The van der Waals surface area contributed by atoms with Crippen LogP contribution >= 0.6 is 46.5 Å². The van der Waals surface area contributed by atoms with Gasteiger partial charge >= 0.3 is 46.5 Å².